The summed E-state index contributed by atoms with van der Waals surface area (Å²) in [7, 11) is -4.47. The number of carbonyl (C=O) groups is 2. The highest BCUT2D eigenvalue weighted by molar-refractivity contribution is 7.89. The maximum atomic E-state index is 12.9. The Morgan fingerprint density at radius 1 is 1.22 bits per heavy atom. The van der Waals surface area contributed by atoms with E-state index in [1.807, 2.05) is 4.72 Å². The van der Waals surface area contributed by atoms with Gasteiger partial charge in [-0.25, -0.2) is 8.42 Å². The van der Waals surface area contributed by atoms with E-state index in [9.17, 15) is 31.2 Å². The summed E-state index contributed by atoms with van der Waals surface area (Å²) in [5.41, 5.74) is -1.33. The van der Waals surface area contributed by atoms with E-state index in [0.717, 1.165) is 19.1 Å². The molecule has 2 N–H and O–H groups in total. The maximum absolute atomic E-state index is 12.9. The zero-order valence-corrected chi connectivity index (χ0v) is 16.1. The van der Waals surface area contributed by atoms with E-state index in [0.29, 0.717) is 6.07 Å². The van der Waals surface area contributed by atoms with Crippen molar-refractivity contribution in [3.05, 3.63) is 28.8 Å². The molecular weight excluding hydrogens is 413 g/mol. The topological polar surface area (TPSA) is 102 Å². The molecule has 0 saturated heterocycles. The number of alkyl halides is 3. The summed E-state index contributed by atoms with van der Waals surface area (Å²) in [6, 6.07) is 0.400. The molecule has 0 saturated carbocycles. The molecule has 0 heterocycles. The minimum absolute atomic E-state index is 0.181. The molecule has 0 aliphatic rings. The van der Waals surface area contributed by atoms with Crippen LogP contribution in [0.1, 0.15) is 26.3 Å². The van der Waals surface area contributed by atoms with Gasteiger partial charge in [0.2, 0.25) is 10.0 Å². The zero-order valence-electron chi connectivity index (χ0n) is 14.6. The number of ether oxygens (including phenoxy) is 1. The number of halogens is 4. The molecule has 152 valence electrons. The minimum atomic E-state index is -4.85. The fourth-order valence-corrected chi connectivity index (χ4v) is 3.31. The Morgan fingerprint density at radius 3 is 2.33 bits per heavy atom. The number of carbonyl (C=O) groups excluding carboxylic acids is 2. The first-order chi connectivity index (χ1) is 12.2. The molecule has 1 amide bonds. The van der Waals surface area contributed by atoms with Crippen LogP contribution >= 0.6 is 11.6 Å². The van der Waals surface area contributed by atoms with Crippen LogP contribution in [0.3, 0.4) is 0 Å². The van der Waals surface area contributed by atoms with Crippen LogP contribution in [0.25, 0.3) is 0 Å². The van der Waals surface area contributed by atoms with Crippen molar-refractivity contribution in [1.29, 1.82) is 0 Å². The fraction of sp³-hybridized carbons (Fsp3) is 0.467. The second kappa shape index (κ2) is 8.89. The van der Waals surface area contributed by atoms with E-state index in [2.05, 4.69) is 10.1 Å². The molecule has 27 heavy (non-hydrogen) atoms. The molecule has 1 aromatic carbocycles. The Kier molecular flexibility index (Phi) is 7.64. The quantitative estimate of drug-likeness (QED) is 0.645. The number of sulfonamides is 1. The van der Waals surface area contributed by atoms with Crippen LogP contribution in [-0.2, 0) is 30.5 Å². The smallest absolute Gasteiger partial charge is 0.417 e. The summed E-state index contributed by atoms with van der Waals surface area (Å²) in [6.07, 6.45) is -4.85. The van der Waals surface area contributed by atoms with Crippen molar-refractivity contribution in [3.8, 4) is 0 Å². The summed E-state index contributed by atoms with van der Waals surface area (Å²) < 4.78 is 69.6. The average Bonchev–Trinajstić information content (AvgIpc) is 2.50. The van der Waals surface area contributed by atoms with Gasteiger partial charge >= 0.3 is 12.1 Å². The standard InChI is InChI=1S/C15H18ClF3N2O5S/c1-8(2)20-13(22)7-26-14(23)9(3)21-27(24,25)10-4-5-12(16)11(6-10)15(17,18)19/h4-6,8-9,21H,7H2,1-3H3,(H,20,22). The third kappa shape index (κ3) is 7.00. The van der Waals surface area contributed by atoms with Crippen molar-refractivity contribution >= 4 is 33.5 Å². The molecule has 1 atom stereocenters. The number of hydrogen-bond acceptors (Lipinski definition) is 5. The SMILES string of the molecule is CC(C)NC(=O)COC(=O)C(C)NS(=O)(=O)c1ccc(Cl)c(C(F)(F)F)c1. The van der Waals surface area contributed by atoms with Crippen molar-refractivity contribution in [1.82, 2.24) is 10.0 Å². The van der Waals surface area contributed by atoms with E-state index < -0.39 is 56.2 Å². The highest BCUT2D eigenvalue weighted by Crippen LogP contribution is 2.35. The summed E-state index contributed by atoms with van der Waals surface area (Å²) >= 11 is 5.45. The summed E-state index contributed by atoms with van der Waals surface area (Å²) in [4.78, 5) is 22.5. The van der Waals surface area contributed by atoms with Crippen molar-refractivity contribution < 1.29 is 35.9 Å². The van der Waals surface area contributed by atoms with Crippen LogP contribution in [0.2, 0.25) is 5.02 Å². The lowest BCUT2D eigenvalue weighted by Crippen LogP contribution is -2.41. The highest BCUT2D eigenvalue weighted by atomic mass is 35.5. The van der Waals surface area contributed by atoms with Crippen molar-refractivity contribution in [2.75, 3.05) is 6.61 Å². The molecule has 12 heteroatoms. The molecule has 0 fully saturated rings. The Balaban J connectivity index is 2.85. The molecular formula is C15H18ClF3N2O5S. The van der Waals surface area contributed by atoms with Crippen molar-refractivity contribution in [2.24, 2.45) is 0 Å². The van der Waals surface area contributed by atoms with E-state index >= 15 is 0 Å². The van der Waals surface area contributed by atoms with Gasteiger partial charge in [0.25, 0.3) is 5.91 Å². The van der Waals surface area contributed by atoms with Crippen LogP contribution < -0.4 is 10.0 Å². The first-order valence-corrected chi connectivity index (χ1v) is 9.45. The van der Waals surface area contributed by atoms with Gasteiger partial charge < -0.3 is 10.1 Å². The van der Waals surface area contributed by atoms with Crippen LogP contribution in [0.5, 0.6) is 0 Å². The molecule has 1 aromatic rings. The van der Waals surface area contributed by atoms with Crippen LogP contribution in [-0.4, -0.2) is 39.0 Å². The molecule has 7 nitrogen and oxygen atoms in total. The second-order valence-corrected chi connectivity index (χ2v) is 7.93. The van der Waals surface area contributed by atoms with Gasteiger partial charge in [-0.05, 0) is 39.0 Å². The van der Waals surface area contributed by atoms with Crippen molar-refractivity contribution in [2.45, 2.75) is 43.9 Å². The third-order valence-corrected chi connectivity index (χ3v) is 4.90. The molecule has 0 aliphatic heterocycles. The number of amides is 1. The minimum Gasteiger partial charge on any atom is -0.454 e. The lowest BCUT2D eigenvalue weighted by Gasteiger charge is -2.15. The average molecular weight is 431 g/mol. The van der Waals surface area contributed by atoms with Gasteiger partial charge in [0.05, 0.1) is 15.5 Å². The van der Waals surface area contributed by atoms with Crippen LogP contribution in [0.15, 0.2) is 23.1 Å². The summed E-state index contributed by atoms with van der Waals surface area (Å²) in [5.74, 6) is -1.65. The van der Waals surface area contributed by atoms with Gasteiger partial charge in [-0.15, -0.1) is 0 Å². The van der Waals surface area contributed by atoms with Crippen LogP contribution in [0.4, 0.5) is 13.2 Å². The number of rotatable bonds is 7. The summed E-state index contributed by atoms with van der Waals surface area (Å²) in [6.45, 7) is 3.89. The first kappa shape index (κ1) is 23.2. The summed E-state index contributed by atoms with van der Waals surface area (Å²) in [5, 5.41) is 1.80. The van der Waals surface area contributed by atoms with E-state index in [-0.39, 0.29) is 6.04 Å². The number of esters is 1. The molecule has 0 aromatic heterocycles. The third-order valence-electron chi connectivity index (χ3n) is 3.03. The largest absolute Gasteiger partial charge is 0.454 e. The van der Waals surface area contributed by atoms with Gasteiger partial charge in [0.1, 0.15) is 6.04 Å². The lowest BCUT2D eigenvalue weighted by atomic mass is 10.2. The normalized spacial score (nSPS) is 13.3. The van der Waals surface area contributed by atoms with E-state index in [1.54, 1.807) is 13.8 Å². The van der Waals surface area contributed by atoms with Gasteiger partial charge in [0.15, 0.2) is 6.61 Å². The maximum Gasteiger partial charge on any atom is 0.417 e. The van der Waals surface area contributed by atoms with Gasteiger partial charge in [-0.2, -0.15) is 17.9 Å². The molecule has 1 rings (SSSR count). The Bertz CT molecular complexity index is 812. The van der Waals surface area contributed by atoms with Crippen molar-refractivity contribution in [3.63, 3.8) is 0 Å². The second-order valence-electron chi connectivity index (χ2n) is 5.81. The molecule has 0 radical (unpaired) electrons. The Morgan fingerprint density at radius 2 is 1.81 bits per heavy atom. The van der Waals surface area contributed by atoms with E-state index in [4.69, 9.17) is 11.6 Å². The Labute approximate surface area is 159 Å². The molecule has 0 bridgehead atoms. The lowest BCUT2D eigenvalue weighted by molar-refractivity contribution is -0.149. The van der Waals surface area contributed by atoms with Gasteiger partial charge in [-0.3, -0.25) is 9.59 Å². The van der Waals surface area contributed by atoms with E-state index in [1.165, 1.54) is 0 Å². The molecule has 0 spiro atoms. The fourth-order valence-electron chi connectivity index (χ4n) is 1.86. The number of benzene rings is 1. The number of nitrogens with one attached hydrogen (secondary N) is 2. The highest BCUT2D eigenvalue weighted by Gasteiger charge is 2.35. The zero-order chi connectivity index (χ0) is 21.0. The predicted octanol–water partition coefficient (Wildman–Crippen LogP) is 2.09. The predicted molar refractivity (Wildman–Crippen MR) is 90.5 cm³/mol. The van der Waals surface area contributed by atoms with Gasteiger partial charge in [0, 0.05) is 6.04 Å². The monoisotopic (exact) mass is 430 g/mol. The molecule has 1 unspecified atom stereocenters. The Hall–Kier alpha value is -1.85. The van der Waals surface area contributed by atoms with Gasteiger partial charge in [-0.1, -0.05) is 11.6 Å². The number of hydrogen-bond donors (Lipinski definition) is 2. The first-order valence-electron chi connectivity index (χ1n) is 7.59. The molecule has 0 aliphatic carbocycles. The van der Waals surface area contributed by atoms with Crippen LogP contribution in [0, 0.1) is 0 Å².